The first-order valence-corrected chi connectivity index (χ1v) is 8.26. The quantitative estimate of drug-likeness (QED) is 0.899. The SMILES string of the molecule is CCC(=O)Nc1ccc2c(c1)nc(C[NH+]1CCCCC1)n2C. The molecule has 0 aliphatic carbocycles. The highest BCUT2D eigenvalue weighted by Gasteiger charge is 2.18. The largest absolute Gasteiger partial charge is 0.329 e. The number of aromatic nitrogens is 2. The van der Waals surface area contributed by atoms with E-state index in [1.54, 1.807) is 4.90 Å². The maximum absolute atomic E-state index is 11.5. The highest BCUT2D eigenvalue weighted by atomic mass is 16.1. The summed E-state index contributed by atoms with van der Waals surface area (Å²) in [5, 5.41) is 2.90. The van der Waals surface area contributed by atoms with Gasteiger partial charge in [-0.15, -0.1) is 0 Å². The highest BCUT2D eigenvalue weighted by Crippen LogP contribution is 2.19. The van der Waals surface area contributed by atoms with Crippen LogP contribution in [0, 0.1) is 0 Å². The van der Waals surface area contributed by atoms with Gasteiger partial charge in [-0.1, -0.05) is 6.92 Å². The fourth-order valence-electron chi connectivity index (χ4n) is 3.19. The van der Waals surface area contributed by atoms with Crippen molar-refractivity contribution in [3.8, 4) is 0 Å². The van der Waals surface area contributed by atoms with Gasteiger partial charge in [0, 0.05) is 19.2 Å². The molecule has 5 heteroatoms. The fourth-order valence-corrected chi connectivity index (χ4v) is 3.19. The van der Waals surface area contributed by atoms with Crippen LogP contribution in [0.1, 0.15) is 38.4 Å². The number of rotatable bonds is 4. The highest BCUT2D eigenvalue weighted by molar-refractivity contribution is 5.92. The fraction of sp³-hybridized carbons (Fsp3) is 0.529. The van der Waals surface area contributed by atoms with Crippen molar-refractivity contribution in [1.29, 1.82) is 0 Å². The number of aryl methyl sites for hydroxylation is 1. The van der Waals surface area contributed by atoms with Gasteiger partial charge in [0.2, 0.25) is 5.91 Å². The molecule has 118 valence electrons. The Morgan fingerprint density at radius 3 is 2.82 bits per heavy atom. The Hall–Kier alpha value is -1.88. The Balaban J connectivity index is 1.82. The van der Waals surface area contributed by atoms with Crippen molar-refractivity contribution in [1.82, 2.24) is 9.55 Å². The summed E-state index contributed by atoms with van der Waals surface area (Å²) in [6.45, 7) is 5.35. The number of anilines is 1. The summed E-state index contributed by atoms with van der Waals surface area (Å²) in [7, 11) is 2.08. The number of amides is 1. The molecule has 1 aliphatic rings. The van der Waals surface area contributed by atoms with E-state index in [0.717, 1.165) is 29.1 Å². The van der Waals surface area contributed by atoms with Gasteiger partial charge in [0.05, 0.1) is 24.1 Å². The summed E-state index contributed by atoms with van der Waals surface area (Å²) in [6.07, 6.45) is 4.51. The molecule has 0 bridgehead atoms. The van der Waals surface area contributed by atoms with Gasteiger partial charge in [0.1, 0.15) is 6.54 Å². The third-order valence-corrected chi connectivity index (χ3v) is 4.55. The normalized spacial score (nSPS) is 16.1. The van der Waals surface area contributed by atoms with Crippen LogP contribution in [0.3, 0.4) is 0 Å². The monoisotopic (exact) mass is 301 g/mol. The average molecular weight is 301 g/mol. The van der Waals surface area contributed by atoms with Gasteiger partial charge in [-0.05, 0) is 37.5 Å². The maximum Gasteiger partial charge on any atom is 0.224 e. The van der Waals surface area contributed by atoms with Gasteiger partial charge in [0.25, 0.3) is 0 Å². The molecular formula is C17H25N4O+. The van der Waals surface area contributed by atoms with E-state index in [9.17, 15) is 4.79 Å². The summed E-state index contributed by atoms with van der Waals surface area (Å²) in [5.41, 5.74) is 2.91. The van der Waals surface area contributed by atoms with Crippen molar-refractivity contribution < 1.29 is 9.69 Å². The molecule has 2 heterocycles. The molecule has 1 aliphatic heterocycles. The van der Waals surface area contributed by atoms with Crippen LogP contribution in [0.5, 0.6) is 0 Å². The number of carbonyl (C=O) groups is 1. The van der Waals surface area contributed by atoms with Crippen LogP contribution >= 0.6 is 0 Å². The number of nitrogens with zero attached hydrogens (tertiary/aromatic N) is 2. The molecule has 0 saturated carbocycles. The van der Waals surface area contributed by atoms with Gasteiger partial charge in [-0.25, -0.2) is 4.98 Å². The van der Waals surface area contributed by atoms with E-state index in [2.05, 4.69) is 16.9 Å². The number of fused-ring (bicyclic) bond motifs is 1. The number of imidazole rings is 1. The van der Waals surface area contributed by atoms with Crippen molar-refractivity contribution in [2.24, 2.45) is 7.05 Å². The molecule has 1 fully saturated rings. The minimum absolute atomic E-state index is 0.0354. The number of carbonyl (C=O) groups excluding carboxylic acids is 1. The third kappa shape index (κ3) is 3.14. The van der Waals surface area contributed by atoms with Crippen LogP contribution in [0.4, 0.5) is 5.69 Å². The summed E-state index contributed by atoms with van der Waals surface area (Å²) in [5.74, 6) is 1.17. The van der Waals surface area contributed by atoms with Gasteiger partial charge < -0.3 is 14.8 Å². The van der Waals surface area contributed by atoms with E-state index in [4.69, 9.17) is 4.98 Å². The van der Waals surface area contributed by atoms with Gasteiger partial charge >= 0.3 is 0 Å². The van der Waals surface area contributed by atoms with Crippen LogP contribution in [0.15, 0.2) is 18.2 Å². The third-order valence-electron chi connectivity index (χ3n) is 4.55. The lowest BCUT2D eigenvalue weighted by molar-refractivity contribution is -0.919. The number of quaternary nitrogens is 1. The molecule has 1 aromatic heterocycles. The first kappa shape index (κ1) is 15.0. The lowest BCUT2D eigenvalue weighted by atomic mass is 10.1. The van der Waals surface area contributed by atoms with Crippen molar-refractivity contribution >= 4 is 22.6 Å². The smallest absolute Gasteiger partial charge is 0.224 e. The standard InChI is InChI=1S/C17H24N4O/c1-3-17(22)18-13-7-8-15-14(11-13)19-16(20(15)2)12-21-9-5-4-6-10-21/h7-8,11H,3-6,9-10,12H2,1-2H3,(H,18,22)/p+1. The Morgan fingerprint density at radius 1 is 1.32 bits per heavy atom. The van der Waals surface area contributed by atoms with E-state index in [1.807, 2.05) is 25.1 Å². The molecule has 1 aromatic carbocycles. The molecule has 5 nitrogen and oxygen atoms in total. The zero-order valence-electron chi connectivity index (χ0n) is 13.5. The summed E-state index contributed by atoms with van der Waals surface area (Å²) < 4.78 is 2.18. The molecule has 3 rings (SSSR count). The minimum Gasteiger partial charge on any atom is -0.329 e. The van der Waals surface area contributed by atoms with Crippen molar-refractivity contribution in [2.75, 3.05) is 18.4 Å². The van der Waals surface area contributed by atoms with E-state index < -0.39 is 0 Å². The lowest BCUT2D eigenvalue weighted by Gasteiger charge is -2.23. The van der Waals surface area contributed by atoms with Crippen LogP contribution in [-0.2, 0) is 18.4 Å². The van der Waals surface area contributed by atoms with Crippen molar-refractivity contribution in [2.45, 2.75) is 39.2 Å². The molecule has 2 aromatic rings. The molecular weight excluding hydrogens is 276 g/mol. The van der Waals surface area contributed by atoms with E-state index >= 15 is 0 Å². The van der Waals surface area contributed by atoms with Gasteiger partial charge in [-0.2, -0.15) is 0 Å². The Morgan fingerprint density at radius 2 is 2.09 bits per heavy atom. The summed E-state index contributed by atoms with van der Waals surface area (Å²) in [6, 6.07) is 5.97. The molecule has 2 N–H and O–H groups in total. The van der Waals surface area contributed by atoms with Gasteiger partial charge in [0.15, 0.2) is 5.82 Å². The second-order valence-electron chi connectivity index (χ2n) is 6.18. The van der Waals surface area contributed by atoms with Crippen LogP contribution in [-0.4, -0.2) is 28.5 Å². The van der Waals surface area contributed by atoms with Crippen LogP contribution < -0.4 is 10.2 Å². The molecule has 0 radical (unpaired) electrons. The number of hydrogen-bond acceptors (Lipinski definition) is 2. The Kier molecular flexibility index (Phi) is 4.43. The first-order chi connectivity index (χ1) is 10.7. The Bertz CT molecular complexity index is 671. The van der Waals surface area contributed by atoms with Crippen molar-refractivity contribution in [3.63, 3.8) is 0 Å². The first-order valence-electron chi connectivity index (χ1n) is 8.26. The topological polar surface area (TPSA) is 51.4 Å². The summed E-state index contributed by atoms with van der Waals surface area (Å²) in [4.78, 5) is 17.9. The predicted molar refractivity (Wildman–Crippen MR) is 87.9 cm³/mol. The zero-order chi connectivity index (χ0) is 15.5. The van der Waals surface area contributed by atoms with E-state index in [-0.39, 0.29) is 5.91 Å². The maximum atomic E-state index is 11.5. The van der Waals surface area contributed by atoms with Crippen molar-refractivity contribution in [3.05, 3.63) is 24.0 Å². The summed E-state index contributed by atoms with van der Waals surface area (Å²) >= 11 is 0. The number of likely N-dealkylation sites (tertiary alicyclic amines) is 1. The van der Waals surface area contributed by atoms with Crippen LogP contribution in [0.2, 0.25) is 0 Å². The lowest BCUT2D eigenvalue weighted by Crippen LogP contribution is -3.11. The molecule has 22 heavy (non-hydrogen) atoms. The number of nitrogens with one attached hydrogen (secondary N) is 2. The molecule has 1 saturated heterocycles. The number of benzene rings is 1. The Labute approximate surface area is 131 Å². The molecule has 0 atom stereocenters. The second-order valence-corrected chi connectivity index (χ2v) is 6.18. The molecule has 0 spiro atoms. The molecule has 1 amide bonds. The predicted octanol–water partition coefficient (Wildman–Crippen LogP) is 1.49. The second kappa shape index (κ2) is 6.48. The molecule has 0 unspecified atom stereocenters. The van der Waals surface area contributed by atoms with E-state index in [1.165, 1.54) is 32.4 Å². The minimum atomic E-state index is 0.0354. The number of hydrogen-bond donors (Lipinski definition) is 2. The zero-order valence-corrected chi connectivity index (χ0v) is 13.5. The number of piperidine rings is 1. The average Bonchev–Trinajstić information content (AvgIpc) is 2.84. The van der Waals surface area contributed by atoms with Gasteiger partial charge in [-0.3, -0.25) is 4.79 Å². The van der Waals surface area contributed by atoms with E-state index in [0.29, 0.717) is 6.42 Å². The van der Waals surface area contributed by atoms with Crippen LogP contribution in [0.25, 0.3) is 11.0 Å².